The van der Waals surface area contributed by atoms with E-state index in [9.17, 15) is 20.0 Å². The second-order valence-electron chi connectivity index (χ2n) is 4.53. The number of benzene rings is 1. The van der Waals surface area contributed by atoms with Crippen LogP contribution in [0.4, 0.5) is 5.69 Å². The van der Waals surface area contributed by atoms with Crippen LogP contribution in [0.2, 0.25) is 5.02 Å². The lowest BCUT2D eigenvalue weighted by molar-refractivity contribution is -0.385. The van der Waals surface area contributed by atoms with Gasteiger partial charge in [0.1, 0.15) is 5.56 Å². The maximum absolute atomic E-state index is 12.0. The average Bonchev–Trinajstić information content (AvgIpc) is 2.43. The van der Waals surface area contributed by atoms with Gasteiger partial charge in [0, 0.05) is 17.6 Å². The molecule has 0 saturated heterocycles. The molecule has 110 valence electrons. The molecule has 1 aromatic rings. The lowest BCUT2D eigenvalue weighted by Crippen LogP contribution is -2.42. The van der Waals surface area contributed by atoms with E-state index in [0.29, 0.717) is 12.8 Å². The summed E-state index contributed by atoms with van der Waals surface area (Å²) in [7, 11) is 0. The minimum absolute atomic E-state index is 0.0303. The molecule has 1 amide bonds. The van der Waals surface area contributed by atoms with Crippen molar-refractivity contribution in [3.05, 3.63) is 38.9 Å². The Balaban J connectivity index is 2.93. The first-order valence-corrected chi connectivity index (χ1v) is 6.65. The molecule has 0 aromatic heterocycles. The highest BCUT2D eigenvalue weighted by molar-refractivity contribution is 6.31. The summed E-state index contributed by atoms with van der Waals surface area (Å²) in [5, 5.41) is 23.7. The van der Waals surface area contributed by atoms with Crippen LogP contribution in [0.1, 0.15) is 37.0 Å². The van der Waals surface area contributed by atoms with E-state index >= 15 is 0 Å². The molecule has 0 aliphatic rings. The molecule has 1 aromatic carbocycles. The van der Waals surface area contributed by atoms with E-state index in [4.69, 9.17) is 11.6 Å². The Morgan fingerprint density at radius 2 is 2.05 bits per heavy atom. The number of hydrogen-bond acceptors (Lipinski definition) is 4. The minimum Gasteiger partial charge on any atom is -0.388 e. The van der Waals surface area contributed by atoms with Crippen molar-refractivity contribution in [3.63, 3.8) is 0 Å². The lowest BCUT2D eigenvalue weighted by atomic mass is 9.97. The summed E-state index contributed by atoms with van der Waals surface area (Å²) in [5.74, 6) is -0.625. The van der Waals surface area contributed by atoms with Gasteiger partial charge >= 0.3 is 0 Å². The Morgan fingerprint density at radius 1 is 1.45 bits per heavy atom. The quantitative estimate of drug-likeness (QED) is 0.623. The van der Waals surface area contributed by atoms with Crippen molar-refractivity contribution in [2.45, 2.75) is 32.3 Å². The van der Waals surface area contributed by atoms with Crippen LogP contribution >= 0.6 is 11.6 Å². The van der Waals surface area contributed by atoms with Gasteiger partial charge in [0.2, 0.25) is 0 Å². The summed E-state index contributed by atoms with van der Waals surface area (Å²) >= 11 is 5.76. The Kier molecular flexibility index (Phi) is 5.47. The van der Waals surface area contributed by atoms with Crippen molar-refractivity contribution in [1.29, 1.82) is 0 Å². The molecule has 0 heterocycles. The minimum atomic E-state index is -1.01. The number of rotatable bonds is 6. The van der Waals surface area contributed by atoms with Crippen molar-refractivity contribution in [2.24, 2.45) is 0 Å². The number of nitro groups is 1. The third-order valence-corrected chi connectivity index (χ3v) is 3.53. The highest BCUT2D eigenvalue weighted by Gasteiger charge is 2.25. The number of nitrogens with one attached hydrogen (secondary N) is 1. The van der Waals surface area contributed by atoms with Crippen molar-refractivity contribution in [2.75, 3.05) is 6.54 Å². The largest absolute Gasteiger partial charge is 0.388 e. The van der Waals surface area contributed by atoms with Gasteiger partial charge in [-0.05, 0) is 25.0 Å². The zero-order valence-electron chi connectivity index (χ0n) is 11.4. The van der Waals surface area contributed by atoms with Crippen molar-refractivity contribution in [3.8, 4) is 0 Å². The number of nitro benzene ring substituents is 1. The van der Waals surface area contributed by atoms with E-state index in [1.54, 1.807) is 13.8 Å². The summed E-state index contributed by atoms with van der Waals surface area (Å²) in [6, 6.07) is 3.78. The zero-order valence-corrected chi connectivity index (χ0v) is 12.1. The first-order chi connectivity index (χ1) is 9.33. The topological polar surface area (TPSA) is 92.5 Å². The van der Waals surface area contributed by atoms with E-state index in [2.05, 4.69) is 5.32 Å². The first-order valence-electron chi connectivity index (χ1n) is 6.27. The fourth-order valence-corrected chi connectivity index (χ4v) is 1.86. The number of carbonyl (C=O) groups excluding carboxylic acids is 1. The average molecular weight is 301 g/mol. The van der Waals surface area contributed by atoms with E-state index < -0.39 is 16.4 Å². The number of hydrogen-bond donors (Lipinski definition) is 2. The Hall–Kier alpha value is -1.66. The summed E-state index contributed by atoms with van der Waals surface area (Å²) in [6.07, 6.45) is 0.947. The summed E-state index contributed by atoms with van der Waals surface area (Å²) in [4.78, 5) is 22.3. The van der Waals surface area contributed by atoms with Gasteiger partial charge in [0.25, 0.3) is 11.6 Å². The molecule has 0 aliphatic carbocycles. The number of aliphatic hydroxyl groups is 1. The van der Waals surface area contributed by atoms with Gasteiger partial charge in [-0.3, -0.25) is 14.9 Å². The van der Waals surface area contributed by atoms with Crippen molar-refractivity contribution < 1.29 is 14.8 Å². The number of carbonyl (C=O) groups is 1. The highest BCUT2D eigenvalue weighted by atomic mass is 35.5. The highest BCUT2D eigenvalue weighted by Crippen LogP contribution is 2.23. The predicted octanol–water partition coefficient (Wildman–Crippen LogP) is 2.53. The number of amides is 1. The zero-order chi connectivity index (χ0) is 15.3. The fourth-order valence-electron chi connectivity index (χ4n) is 1.69. The van der Waals surface area contributed by atoms with Crippen LogP contribution in [0.5, 0.6) is 0 Å². The van der Waals surface area contributed by atoms with Crippen LogP contribution in [0.3, 0.4) is 0 Å². The molecule has 0 atom stereocenters. The Morgan fingerprint density at radius 3 is 2.55 bits per heavy atom. The van der Waals surface area contributed by atoms with Gasteiger partial charge in [0.15, 0.2) is 0 Å². The third kappa shape index (κ3) is 3.91. The number of halogens is 1. The Bertz CT molecular complexity index is 515. The normalized spacial score (nSPS) is 11.2. The van der Waals surface area contributed by atoms with Gasteiger partial charge in [-0.2, -0.15) is 0 Å². The van der Waals surface area contributed by atoms with E-state index in [1.807, 2.05) is 0 Å². The second kappa shape index (κ2) is 6.67. The van der Waals surface area contributed by atoms with Crippen LogP contribution in [-0.2, 0) is 0 Å². The third-order valence-electron chi connectivity index (χ3n) is 3.29. The molecule has 0 fully saturated rings. The smallest absolute Gasteiger partial charge is 0.282 e. The van der Waals surface area contributed by atoms with Crippen LogP contribution in [0, 0.1) is 10.1 Å². The van der Waals surface area contributed by atoms with Crippen LogP contribution in [0.15, 0.2) is 18.2 Å². The molecular formula is C13H17ClN2O4. The summed E-state index contributed by atoms with van der Waals surface area (Å²) < 4.78 is 0. The monoisotopic (exact) mass is 300 g/mol. The summed E-state index contributed by atoms with van der Waals surface area (Å²) in [6.45, 7) is 3.64. The first kappa shape index (κ1) is 16.4. The molecule has 6 nitrogen and oxygen atoms in total. The van der Waals surface area contributed by atoms with Gasteiger partial charge in [-0.15, -0.1) is 0 Å². The predicted molar refractivity (Wildman–Crippen MR) is 76.0 cm³/mol. The van der Waals surface area contributed by atoms with E-state index in [0.717, 1.165) is 0 Å². The fraction of sp³-hybridized carbons (Fsp3) is 0.462. The molecule has 7 heteroatoms. The van der Waals surface area contributed by atoms with Crippen molar-refractivity contribution >= 4 is 23.2 Å². The molecule has 0 radical (unpaired) electrons. The van der Waals surface area contributed by atoms with Crippen LogP contribution in [-0.4, -0.2) is 28.1 Å². The summed E-state index contributed by atoms with van der Waals surface area (Å²) in [5.41, 5.74) is -1.44. The van der Waals surface area contributed by atoms with E-state index in [-0.39, 0.29) is 22.8 Å². The van der Waals surface area contributed by atoms with Gasteiger partial charge < -0.3 is 10.4 Å². The number of nitrogens with zero attached hydrogens (tertiary/aromatic N) is 1. The lowest BCUT2D eigenvalue weighted by Gasteiger charge is -2.25. The van der Waals surface area contributed by atoms with Gasteiger partial charge in [-0.25, -0.2) is 0 Å². The molecular weight excluding hydrogens is 284 g/mol. The van der Waals surface area contributed by atoms with Gasteiger partial charge in [-0.1, -0.05) is 25.4 Å². The molecule has 0 saturated carbocycles. The van der Waals surface area contributed by atoms with Crippen LogP contribution in [0.25, 0.3) is 0 Å². The second-order valence-corrected chi connectivity index (χ2v) is 4.97. The standard InChI is InChI=1S/C13H17ClN2O4/c1-3-13(18,4-2)8-15-12(17)10-7-9(14)5-6-11(10)16(19)20/h5-7,18H,3-4,8H2,1-2H3,(H,15,17). The molecule has 0 aliphatic heterocycles. The molecule has 2 N–H and O–H groups in total. The molecule has 0 bridgehead atoms. The van der Waals surface area contributed by atoms with Crippen molar-refractivity contribution in [1.82, 2.24) is 5.32 Å². The molecule has 20 heavy (non-hydrogen) atoms. The molecule has 0 spiro atoms. The maximum Gasteiger partial charge on any atom is 0.282 e. The Labute approximate surface area is 121 Å². The van der Waals surface area contributed by atoms with E-state index in [1.165, 1.54) is 18.2 Å². The molecule has 0 unspecified atom stereocenters. The maximum atomic E-state index is 12.0. The molecule has 1 rings (SSSR count). The van der Waals surface area contributed by atoms with Gasteiger partial charge in [0.05, 0.1) is 10.5 Å². The SMILES string of the molecule is CCC(O)(CC)CNC(=O)c1cc(Cl)ccc1[N+](=O)[O-]. The van der Waals surface area contributed by atoms with Crippen LogP contribution < -0.4 is 5.32 Å².